The number of hydrogen-bond donors (Lipinski definition) is 2. The van der Waals surface area contributed by atoms with Crippen LogP contribution in [0.4, 0.5) is 0 Å². The number of rotatable bonds is 2. The van der Waals surface area contributed by atoms with Gasteiger partial charge < -0.3 is 10.9 Å². The second-order valence-electron chi connectivity index (χ2n) is 1.47. The van der Waals surface area contributed by atoms with Crippen molar-refractivity contribution in [2.24, 2.45) is 10.9 Å². The van der Waals surface area contributed by atoms with E-state index in [0.717, 1.165) is 0 Å². The van der Waals surface area contributed by atoms with Crippen LogP contribution in [0, 0.1) is 0 Å². The van der Waals surface area contributed by atoms with Gasteiger partial charge in [0, 0.05) is 0 Å². The molecule has 0 aromatic carbocycles. The third-order valence-electron chi connectivity index (χ3n) is 0.559. The summed E-state index contributed by atoms with van der Waals surface area (Å²) in [7, 11) is 0. The summed E-state index contributed by atoms with van der Waals surface area (Å²) >= 11 is 0. The fraction of sp³-hybridized carbons (Fsp3) is 0.667. The Labute approximate surface area is 60.7 Å². The first-order valence-corrected chi connectivity index (χ1v) is 3.12. The van der Waals surface area contributed by atoms with Gasteiger partial charge in [-0.1, -0.05) is 19.0 Å². The van der Waals surface area contributed by atoms with Crippen molar-refractivity contribution in [3.8, 4) is 0 Å². The van der Waals surface area contributed by atoms with Crippen LogP contribution >= 0.6 is 0 Å². The largest absolute Gasteiger partial charge is 0.409 e. The number of oxime groups is 1. The van der Waals surface area contributed by atoms with E-state index in [1.54, 1.807) is 0 Å². The van der Waals surface area contributed by atoms with Gasteiger partial charge in [0.05, 0.1) is 6.42 Å². The van der Waals surface area contributed by atoms with E-state index < -0.39 is 0 Å². The average Bonchev–Trinajstić information content (AvgIpc) is 1.91. The highest BCUT2D eigenvalue weighted by Gasteiger charge is 1.95. The average molecular weight is 146 g/mol. The van der Waals surface area contributed by atoms with Gasteiger partial charge in [-0.2, -0.15) is 0 Å². The van der Waals surface area contributed by atoms with Crippen molar-refractivity contribution in [3.63, 3.8) is 0 Å². The number of nitrogens with two attached hydrogens (primary N) is 1. The molecular formula is C6H14N2O2. The molecule has 4 heteroatoms. The quantitative estimate of drug-likeness (QED) is 0.261. The fourth-order valence-corrected chi connectivity index (χ4v) is 0.290. The van der Waals surface area contributed by atoms with Crippen LogP contribution in [0.1, 0.15) is 27.2 Å². The molecule has 0 aliphatic carbocycles. The molecule has 0 heterocycles. The Morgan fingerprint density at radius 1 is 1.60 bits per heavy atom. The van der Waals surface area contributed by atoms with Gasteiger partial charge in [-0.15, -0.1) is 0 Å². The lowest BCUT2D eigenvalue weighted by Gasteiger charge is -1.88. The first-order chi connectivity index (χ1) is 4.66. The second-order valence-corrected chi connectivity index (χ2v) is 1.47. The van der Waals surface area contributed by atoms with Crippen LogP contribution in [0.15, 0.2) is 5.16 Å². The van der Waals surface area contributed by atoms with E-state index in [1.807, 2.05) is 13.8 Å². The Bertz CT molecular complexity index is 121. The molecule has 10 heavy (non-hydrogen) atoms. The van der Waals surface area contributed by atoms with Crippen LogP contribution in [0.5, 0.6) is 0 Å². The monoisotopic (exact) mass is 146 g/mol. The van der Waals surface area contributed by atoms with E-state index in [2.05, 4.69) is 5.16 Å². The maximum absolute atomic E-state index is 10.1. The Morgan fingerprint density at radius 2 is 2.00 bits per heavy atom. The molecule has 0 spiro atoms. The molecule has 0 unspecified atom stereocenters. The van der Waals surface area contributed by atoms with Crippen LogP contribution in [-0.2, 0) is 4.79 Å². The van der Waals surface area contributed by atoms with E-state index in [4.69, 9.17) is 10.9 Å². The van der Waals surface area contributed by atoms with Gasteiger partial charge in [0.1, 0.15) is 11.6 Å². The number of carbonyl (C=O) groups is 1. The van der Waals surface area contributed by atoms with E-state index in [9.17, 15) is 4.79 Å². The number of ketones is 1. The maximum atomic E-state index is 10.1. The zero-order valence-corrected chi connectivity index (χ0v) is 6.59. The molecule has 0 aromatic heterocycles. The Morgan fingerprint density at radius 3 is 2.10 bits per heavy atom. The molecule has 0 atom stereocenters. The van der Waals surface area contributed by atoms with Crippen molar-refractivity contribution in [2.45, 2.75) is 27.2 Å². The van der Waals surface area contributed by atoms with Gasteiger partial charge in [-0.25, -0.2) is 0 Å². The number of Topliss-reactive ketones (excluding diaryl/α,β-unsaturated/α-hetero) is 1. The molecule has 0 saturated carbocycles. The van der Waals surface area contributed by atoms with Crippen LogP contribution in [-0.4, -0.2) is 16.8 Å². The fourth-order valence-electron chi connectivity index (χ4n) is 0.290. The van der Waals surface area contributed by atoms with E-state index in [0.29, 0.717) is 0 Å². The van der Waals surface area contributed by atoms with Crippen molar-refractivity contribution in [1.82, 2.24) is 0 Å². The zero-order chi connectivity index (χ0) is 8.57. The van der Waals surface area contributed by atoms with E-state index >= 15 is 0 Å². The summed E-state index contributed by atoms with van der Waals surface area (Å²) < 4.78 is 0. The summed E-state index contributed by atoms with van der Waals surface area (Å²) in [6.07, 6.45) is 0.0243. The summed E-state index contributed by atoms with van der Waals surface area (Å²) in [6.45, 7) is 5.37. The van der Waals surface area contributed by atoms with Crippen molar-refractivity contribution >= 4 is 11.6 Å². The predicted molar refractivity (Wildman–Crippen MR) is 40.1 cm³/mol. The minimum atomic E-state index is -0.111. The molecule has 4 nitrogen and oxygen atoms in total. The normalized spacial score (nSPS) is 9.70. The third kappa shape index (κ3) is 10.0. The summed E-state index contributed by atoms with van der Waals surface area (Å²) in [4.78, 5) is 10.1. The topological polar surface area (TPSA) is 75.7 Å². The molecule has 0 aliphatic rings. The molecule has 0 rings (SSSR count). The third-order valence-corrected chi connectivity index (χ3v) is 0.559. The van der Waals surface area contributed by atoms with Crippen molar-refractivity contribution in [3.05, 3.63) is 0 Å². The molecule has 0 saturated heterocycles. The van der Waals surface area contributed by atoms with Crippen molar-refractivity contribution in [1.29, 1.82) is 0 Å². The van der Waals surface area contributed by atoms with Crippen LogP contribution in [0.2, 0.25) is 0 Å². The lowest BCUT2D eigenvalue weighted by molar-refractivity contribution is -0.115. The lowest BCUT2D eigenvalue weighted by atomic mass is 10.3. The highest BCUT2D eigenvalue weighted by molar-refractivity contribution is 5.98. The number of nitrogens with zero attached hydrogens (tertiary/aromatic N) is 1. The minimum Gasteiger partial charge on any atom is -0.409 e. The number of hydrogen-bond acceptors (Lipinski definition) is 3. The van der Waals surface area contributed by atoms with E-state index in [1.165, 1.54) is 6.92 Å². The van der Waals surface area contributed by atoms with Crippen LogP contribution in [0.3, 0.4) is 0 Å². The van der Waals surface area contributed by atoms with Gasteiger partial charge in [0.2, 0.25) is 0 Å². The molecule has 0 fully saturated rings. The SMILES string of the molecule is CC.CC(=O)C/C(N)=N/O. The smallest absolute Gasteiger partial charge is 0.146 e. The lowest BCUT2D eigenvalue weighted by Crippen LogP contribution is -2.14. The molecule has 0 aromatic rings. The summed E-state index contributed by atoms with van der Waals surface area (Å²) in [5, 5.41) is 10.5. The van der Waals surface area contributed by atoms with E-state index in [-0.39, 0.29) is 18.0 Å². The maximum Gasteiger partial charge on any atom is 0.146 e. The van der Waals surface area contributed by atoms with Crippen molar-refractivity contribution < 1.29 is 10.0 Å². The molecule has 3 N–H and O–H groups in total. The Kier molecular flexibility index (Phi) is 9.29. The number of carbonyl (C=O) groups excluding carboxylic acids is 1. The Balaban J connectivity index is 0. The Hall–Kier alpha value is -1.06. The standard InChI is InChI=1S/C4H8N2O2.C2H6/c1-3(7)2-4(5)6-8;1-2/h8H,2H2,1H3,(H2,5,6);1-2H3. The predicted octanol–water partition coefficient (Wildman–Crippen LogP) is 0.738. The van der Waals surface area contributed by atoms with Gasteiger partial charge >= 0.3 is 0 Å². The summed E-state index contributed by atoms with van der Waals surface area (Å²) in [5.74, 6) is -0.155. The molecule has 0 radical (unpaired) electrons. The van der Waals surface area contributed by atoms with Gasteiger partial charge in [-0.3, -0.25) is 4.79 Å². The van der Waals surface area contributed by atoms with Gasteiger partial charge in [0.15, 0.2) is 0 Å². The second kappa shape index (κ2) is 7.94. The number of amidine groups is 1. The highest BCUT2D eigenvalue weighted by atomic mass is 16.4. The molecular weight excluding hydrogens is 132 g/mol. The molecule has 0 bridgehead atoms. The van der Waals surface area contributed by atoms with Crippen molar-refractivity contribution in [2.75, 3.05) is 0 Å². The minimum absolute atomic E-state index is 0.0243. The van der Waals surface area contributed by atoms with Gasteiger partial charge in [-0.05, 0) is 6.92 Å². The molecule has 0 aliphatic heterocycles. The molecule has 0 amide bonds. The highest BCUT2D eigenvalue weighted by Crippen LogP contribution is 1.78. The first-order valence-electron chi connectivity index (χ1n) is 3.12. The first kappa shape index (κ1) is 11.7. The summed E-state index contributed by atoms with van der Waals surface area (Å²) in [5.41, 5.74) is 4.95. The molecule has 60 valence electrons. The van der Waals surface area contributed by atoms with Crippen LogP contribution < -0.4 is 5.73 Å². The summed E-state index contributed by atoms with van der Waals surface area (Å²) in [6, 6.07) is 0. The van der Waals surface area contributed by atoms with Crippen LogP contribution in [0.25, 0.3) is 0 Å². The van der Waals surface area contributed by atoms with Gasteiger partial charge in [0.25, 0.3) is 0 Å². The zero-order valence-electron chi connectivity index (χ0n) is 6.59.